The van der Waals surface area contributed by atoms with E-state index in [-0.39, 0.29) is 18.1 Å². The van der Waals surface area contributed by atoms with Crippen LogP contribution in [-0.4, -0.2) is 23.3 Å². The number of aliphatic carboxylic acids is 1. The van der Waals surface area contributed by atoms with Crippen LogP contribution < -0.4 is 9.47 Å². The second kappa shape index (κ2) is 3.33. The Morgan fingerprint density at radius 3 is 2.50 bits per heavy atom. The summed E-state index contributed by atoms with van der Waals surface area (Å²) in [4.78, 5) is 10.9. The highest BCUT2D eigenvalue weighted by atomic mass is 19.2. The fourth-order valence-corrected chi connectivity index (χ4v) is 1.30. The molecule has 6 heteroatoms. The van der Waals surface area contributed by atoms with Crippen molar-refractivity contribution < 1.29 is 28.2 Å². The molecule has 0 amide bonds. The Morgan fingerprint density at radius 1 is 1.38 bits per heavy atom. The molecule has 1 aliphatic heterocycles. The first-order chi connectivity index (χ1) is 7.42. The molecule has 0 aromatic heterocycles. The standard InChI is InChI=1S/C10H8F2O4/c1-10(9(13)14)4-15-7-2-5(11)6(12)3-8(7)16-10/h2-3H,4H2,1H3,(H,13,14). The van der Waals surface area contributed by atoms with E-state index < -0.39 is 23.2 Å². The molecule has 0 radical (unpaired) electrons. The van der Waals surface area contributed by atoms with Crippen molar-refractivity contribution in [1.29, 1.82) is 0 Å². The van der Waals surface area contributed by atoms with E-state index in [1.807, 2.05) is 0 Å². The zero-order valence-corrected chi connectivity index (χ0v) is 8.29. The number of benzene rings is 1. The lowest BCUT2D eigenvalue weighted by Crippen LogP contribution is -2.49. The quantitative estimate of drug-likeness (QED) is 0.795. The van der Waals surface area contributed by atoms with Gasteiger partial charge in [-0.15, -0.1) is 0 Å². The van der Waals surface area contributed by atoms with Gasteiger partial charge in [-0.25, -0.2) is 13.6 Å². The maximum absolute atomic E-state index is 12.9. The largest absolute Gasteiger partial charge is 0.485 e. The van der Waals surface area contributed by atoms with E-state index in [0.717, 1.165) is 12.1 Å². The molecule has 0 saturated carbocycles. The van der Waals surface area contributed by atoms with E-state index in [9.17, 15) is 13.6 Å². The van der Waals surface area contributed by atoms with Crippen molar-refractivity contribution in [3.8, 4) is 11.5 Å². The Kier molecular flexibility index (Phi) is 2.22. The fourth-order valence-electron chi connectivity index (χ4n) is 1.30. The number of hydrogen-bond acceptors (Lipinski definition) is 3. The maximum atomic E-state index is 12.9. The molecule has 1 atom stereocenters. The monoisotopic (exact) mass is 230 g/mol. The van der Waals surface area contributed by atoms with Gasteiger partial charge in [0, 0.05) is 12.1 Å². The maximum Gasteiger partial charge on any atom is 0.351 e. The summed E-state index contributed by atoms with van der Waals surface area (Å²) in [5.41, 5.74) is -1.59. The molecule has 1 aromatic carbocycles. The number of hydrogen-bond donors (Lipinski definition) is 1. The van der Waals surface area contributed by atoms with Crippen LogP contribution in [0.1, 0.15) is 6.92 Å². The second-order valence-corrected chi connectivity index (χ2v) is 3.64. The summed E-state index contributed by atoms with van der Waals surface area (Å²) >= 11 is 0. The molecule has 1 N–H and O–H groups in total. The van der Waals surface area contributed by atoms with Gasteiger partial charge in [0.05, 0.1) is 0 Å². The molecule has 16 heavy (non-hydrogen) atoms. The van der Waals surface area contributed by atoms with Crippen LogP contribution in [0.2, 0.25) is 0 Å². The van der Waals surface area contributed by atoms with E-state index in [2.05, 4.69) is 0 Å². The van der Waals surface area contributed by atoms with E-state index >= 15 is 0 Å². The number of carbonyl (C=O) groups is 1. The lowest BCUT2D eigenvalue weighted by atomic mass is 10.1. The predicted molar refractivity (Wildman–Crippen MR) is 48.5 cm³/mol. The smallest absolute Gasteiger partial charge is 0.351 e. The summed E-state index contributed by atoms with van der Waals surface area (Å²) < 4.78 is 35.8. The Hall–Kier alpha value is -1.85. The molecular weight excluding hydrogens is 222 g/mol. The van der Waals surface area contributed by atoms with Crippen molar-refractivity contribution >= 4 is 5.97 Å². The topological polar surface area (TPSA) is 55.8 Å². The molecule has 0 aliphatic carbocycles. The Balaban J connectivity index is 2.41. The van der Waals surface area contributed by atoms with Gasteiger partial charge in [0.25, 0.3) is 0 Å². The van der Waals surface area contributed by atoms with Gasteiger partial charge in [0.2, 0.25) is 5.60 Å². The Bertz CT molecular complexity index is 460. The van der Waals surface area contributed by atoms with Gasteiger partial charge in [0.1, 0.15) is 6.61 Å². The van der Waals surface area contributed by atoms with Crippen LogP contribution >= 0.6 is 0 Å². The fraction of sp³-hybridized carbons (Fsp3) is 0.300. The summed E-state index contributed by atoms with van der Waals surface area (Å²) in [6.07, 6.45) is 0. The van der Waals surface area contributed by atoms with Gasteiger partial charge in [0.15, 0.2) is 23.1 Å². The molecule has 0 spiro atoms. The zero-order chi connectivity index (χ0) is 11.9. The minimum Gasteiger partial charge on any atom is -0.485 e. The van der Waals surface area contributed by atoms with Gasteiger partial charge in [-0.2, -0.15) is 0 Å². The first kappa shape index (κ1) is 10.7. The third-order valence-corrected chi connectivity index (χ3v) is 2.28. The lowest BCUT2D eigenvalue weighted by molar-refractivity contribution is -0.158. The third kappa shape index (κ3) is 1.56. The molecule has 2 rings (SSSR count). The number of rotatable bonds is 1. The lowest BCUT2D eigenvalue weighted by Gasteiger charge is -2.31. The predicted octanol–water partition coefficient (Wildman–Crippen LogP) is 1.58. The summed E-state index contributed by atoms with van der Waals surface area (Å²) in [7, 11) is 0. The first-order valence-corrected chi connectivity index (χ1v) is 4.46. The molecule has 1 aromatic rings. The highest BCUT2D eigenvalue weighted by Gasteiger charge is 2.41. The van der Waals surface area contributed by atoms with E-state index in [1.165, 1.54) is 6.92 Å². The minimum atomic E-state index is -1.59. The summed E-state index contributed by atoms with van der Waals surface area (Å²) in [5, 5.41) is 8.87. The van der Waals surface area contributed by atoms with Crippen molar-refractivity contribution in [3.63, 3.8) is 0 Å². The van der Waals surface area contributed by atoms with Crippen LogP contribution in [0.3, 0.4) is 0 Å². The van der Waals surface area contributed by atoms with Crippen molar-refractivity contribution in [3.05, 3.63) is 23.8 Å². The SMILES string of the molecule is CC1(C(=O)O)COc2cc(F)c(F)cc2O1. The molecule has 4 nitrogen and oxygen atoms in total. The normalized spacial score (nSPS) is 22.9. The molecular formula is C10H8F2O4. The van der Waals surface area contributed by atoms with Crippen molar-refractivity contribution in [2.45, 2.75) is 12.5 Å². The molecule has 0 bridgehead atoms. The van der Waals surface area contributed by atoms with Crippen LogP contribution in [0, 0.1) is 11.6 Å². The summed E-state index contributed by atoms with van der Waals surface area (Å²) in [6.45, 7) is 1.03. The van der Waals surface area contributed by atoms with Gasteiger partial charge < -0.3 is 14.6 Å². The number of halogens is 2. The first-order valence-electron chi connectivity index (χ1n) is 4.46. The average molecular weight is 230 g/mol. The summed E-state index contributed by atoms with van der Waals surface area (Å²) in [6, 6.07) is 1.59. The third-order valence-electron chi connectivity index (χ3n) is 2.28. The second-order valence-electron chi connectivity index (χ2n) is 3.64. The molecule has 1 aliphatic rings. The van der Waals surface area contributed by atoms with Gasteiger partial charge >= 0.3 is 5.97 Å². The molecule has 1 unspecified atom stereocenters. The van der Waals surface area contributed by atoms with Crippen molar-refractivity contribution in [1.82, 2.24) is 0 Å². The molecule has 1 heterocycles. The molecule has 0 saturated heterocycles. The van der Waals surface area contributed by atoms with Crippen LogP contribution in [0.25, 0.3) is 0 Å². The van der Waals surface area contributed by atoms with Crippen LogP contribution in [0.15, 0.2) is 12.1 Å². The number of carboxylic acid groups (broad SMARTS) is 1. The highest BCUT2D eigenvalue weighted by Crippen LogP contribution is 2.36. The van der Waals surface area contributed by atoms with Crippen LogP contribution in [-0.2, 0) is 4.79 Å². The van der Waals surface area contributed by atoms with Crippen molar-refractivity contribution in [2.24, 2.45) is 0 Å². The van der Waals surface area contributed by atoms with E-state index in [4.69, 9.17) is 14.6 Å². The number of ether oxygens (including phenoxy) is 2. The molecule has 0 fully saturated rings. The number of carboxylic acids is 1. The van der Waals surface area contributed by atoms with E-state index in [0.29, 0.717) is 0 Å². The Morgan fingerprint density at radius 2 is 1.94 bits per heavy atom. The van der Waals surface area contributed by atoms with E-state index in [1.54, 1.807) is 0 Å². The van der Waals surface area contributed by atoms with Gasteiger partial charge in [-0.3, -0.25) is 0 Å². The number of fused-ring (bicyclic) bond motifs is 1. The van der Waals surface area contributed by atoms with Crippen molar-refractivity contribution in [2.75, 3.05) is 6.61 Å². The van der Waals surface area contributed by atoms with Crippen LogP contribution in [0.5, 0.6) is 11.5 Å². The minimum absolute atomic E-state index is 0.00220. The van der Waals surface area contributed by atoms with Gasteiger partial charge in [-0.1, -0.05) is 0 Å². The Labute approximate surface area is 89.4 Å². The van der Waals surface area contributed by atoms with Gasteiger partial charge in [-0.05, 0) is 6.92 Å². The highest BCUT2D eigenvalue weighted by molar-refractivity contribution is 5.78. The van der Waals surface area contributed by atoms with Crippen LogP contribution in [0.4, 0.5) is 8.78 Å². The zero-order valence-electron chi connectivity index (χ0n) is 8.29. The summed E-state index contributed by atoms with van der Waals surface area (Å²) in [5.74, 6) is -3.53. The average Bonchev–Trinajstić information content (AvgIpc) is 2.20. The molecule has 86 valence electrons.